The Morgan fingerprint density at radius 3 is 1.80 bits per heavy atom. The minimum Gasteiger partial charge on any atom is -0.287 e. The molecule has 0 aliphatic rings. The molecule has 0 radical (unpaired) electrons. The Kier molecular flexibility index (Phi) is 7.56. The largest absolute Gasteiger partial charge is 0.477 e. The predicted molar refractivity (Wildman–Crippen MR) is 81.1 cm³/mol. The van der Waals surface area contributed by atoms with Crippen molar-refractivity contribution >= 4 is 7.82 Å². The first kappa shape index (κ1) is 19.2. The van der Waals surface area contributed by atoms with Crippen molar-refractivity contribution in [1.29, 1.82) is 0 Å². The fraction of sp³-hybridized carbons (Fsp3) is 0.733. The van der Waals surface area contributed by atoms with Gasteiger partial charge in [-0.3, -0.25) is 13.6 Å². The van der Waals surface area contributed by atoms with E-state index in [-0.39, 0.29) is 6.61 Å². The maximum atomic E-state index is 12.7. The van der Waals surface area contributed by atoms with Gasteiger partial charge in [0.05, 0.1) is 6.61 Å². The first-order valence-corrected chi connectivity index (χ1v) is 8.17. The van der Waals surface area contributed by atoms with Crippen molar-refractivity contribution in [2.45, 2.75) is 65.1 Å². The Bertz CT molecular complexity index is 394. The summed E-state index contributed by atoms with van der Waals surface area (Å²) in [5.41, 5.74) is -2.13. The Morgan fingerprint density at radius 1 is 1.00 bits per heavy atom. The average Bonchev–Trinajstić information content (AvgIpc) is 2.33. The van der Waals surface area contributed by atoms with Crippen LogP contribution in [-0.2, 0) is 18.1 Å². The van der Waals surface area contributed by atoms with Gasteiger partial charge in [-0.2, -0.15) is 0 Å². The van der Waals surface area contributed by atoms with Crippen LogP contribution < -0.4 is 0 Å². The number of terminal acetylenes is 2. The van der Waals surface area contributed by atoms with Crippen LogP contribution in [0.1, 0.15) is 53.9 Å². The molecule has 0 heterocycles. The van der Waals surface area contributed by atoms with Gasteiger partial charge in [0, 0.05) is 0 Å². The van der Waals surface area contributed by atoms with Gasteiger partial charge in [-0.1, -0.05) is 31.6 Å². The molecule has 0 atom stereocenters. The summed E-state index contributed by atoms with van der Waals surface area (Å²) in [4.78, 5) is 0. The zero-order valence-electron chi connectivity index (χ0n) is 13.1. The number of hydrogen-bond donors (Lipinski definition) is 0. The van der Waals surface area contributed by atoms with E-state index in [2.05, 4.69) is 18.8 Å². The Morgan fingerprint density at radius 2 is 1.45 bits per heavy atom. The van der Waals surface area contributed by atoms with Gasteiger partial charge in [0.25, 0.3) is 0 Å². The topological polar surface area (TPSA) is 44.8 Å². The van der Waals surface area contributed by atoms with Crippen molar-refractivity contribution in [3.63, 3.8) is 0 Å². The van der Waals surface area contributed by atoms with E-state index >= 15 is 0 Å². The summed E-state index contributed by atoms with van der Waals surface area (Å²) in [5, 5.41) is 0. The molecule has 0 aromatic heterocycles. The molecular weight excluding hydrogens is 275 g/mol. The van der Waals surface area contributed by atoms with Crippen LogP contribution in [0.2, 0.25) is 0 Å². The van der Waals surface area contributed by atoms with E-state index in [1.165, 1.54) is 0 Å². The highest BCUT2D eigenvalue weighted by Crippen LogP contribution is 2.55. The molecule has 0 unspecified atom stereocenters. The third-order valence-corrected chi connectivity index (χ3v) is 4.23. The lowest BCUT2D eigenvalue weighted by Crippen LogP contribution is -2.27. The summed E-state index contributed by atoms with van der Waals surface area (Å²) in [6.45, 7) is 8.78. The van der Waals surface area contributed by atoms with Crippen LogP contribution in [0.4, 0.5) is 0 Å². The molecule has 0 aromatic carbocycles. The minimum absolute atomic E-state index is 0.270. The molecule has 0 spiro atoms. The first-order valence-electron chi connectivity index (χ1n) is 6.71. The van der Waals surface area contributed by atoms with Crippen LogP contribution in [0.5, 0.6) is 0 Å². The smallest absolute Gasteiger partial charge is 0.287 e. The fourth-order valence-electron chi connectivity index (χ4n) is 1.21. The highest BCUT2D eigenvalue weighted by Gasteiger charge is 2.39. The highest BCUT2D eigenvalue weighted by atomic mass is 31.2. The zero-order chi connectivity index (χ0) is 15.9. The van der Waals surface area contributed by atoms with Gasteiger partial charge in [0.15, 0.2) is 0 Å². The van der Waals surface area contributed by atoms with Crippen LogP contribution in [0.3, 0.4) is 0 Å². The van der Waals surface area contributed by atoms with E-state index in [0.717, 1.165) is 19.3 Å². The van der Waals surface area contributed by atoms with Crippen molar-refractivity contribution in [3.8, 4) is 24.7 Å². The second-order valence-corrected chi connectivity index (χ2v) is 7.00. The molecule has 0 amide bonds. The highest BCUT2D eigenvalue weighted by molar-refractivity contribution is 7.48. The van der Waals surface area contributed by atoms with E-state index < -0.39 is 19.0 Å². The summed E-state index contributed by atoms with van der Waals surface area (Å²) < 4.78 is 28.7. The molecule has 0 bridgehead atoms. The lowest BCUT2D eigenvalue weighted by atomic mass is 10.2. The van der Waals surface area contributed by atoms with Gasteiger partial charge >= 0.3 is 7.82 Å². The van der Waals surface area contributed by atoms with Crippen molar-refractivity contribution in [1.82, 2.24) is 0 Å². The zero-order valence-corrected chi connectivity index (χ0v) is 14.0. The molecule has 20 heavy (non-hydrogen) atoms. The van der Waals surface area contributed by atoms with Crippen LogP contribution in [0.25, 0.3) is 0 Å². The summed E-state index contributed by atoms with van der Waals surface area (Å²) in [6.07, 6.45) is 13.4. The van der Waals surface area contributed by atoms with Crippen LogP contribution in [0.15, 0.2) is 0 Å². The van der Waals surface area contributed by atoms with Gasteiger partial charge in [0.1, 0.15) is 11.2 Å². The Labute approximate surface area is 123 Å². The minimum atomic E-state index is -3.82. The lowest BCUT2D eigenvalue weighted by molar-refractivity contribution is 0.0291. The lowest BCUT2D eigenvalue weighted by Gasteiger charge is -2.29. The molecule has 4 nitrogen and oxygen atoms in total. The number of unbranched alkanes of at least 4 members (excludes halogenated alkanes) is 2. The second-order valence-electron chi connectivity index (χ2n) is 5.48. The van der Waals surface area contributed by atoms with E-state index in [4.69, 9.17) is 26.4 Å². The third-order valence-electron chi connectivity index (χ3n) is 2.37. The predicted octanol–water partition coefficient (Wildman–Crippen LogP) is 4.16. The van der Waals surface area contributed by atoms with E-state index in [0.29, 0.717) is 0 Å². The molecule has 0 saturated heterocycles. The molecule has 0 fully saturated rings. The number of hydrogen-bond acceptors (Lipinski definition) is 4. The van der Waals surface area contributed by atoms with Gasteiger partial charge in [0.2, 0.25) is 0 Å². The number of rotatable bonds is 9. The van der Waals surface area contributed by atoms with Crippen molar-refractivity contribution in [2.24, 2.45) is 0 Å². The van der Waals surface area contributed by atoms with Crippen LogP contribution >= 0.6 is 7.82 Å². The molecule has 0 N–H and O–H groups in total. The molecule has 5 heteroatoms. The van der Waals surface area contributed by atoms with Gasteiger partial charge < -0.3 is 0 Å². The molecular formula is C15H25O4P. The van der Waals surface area contributed by atoms with Gasteiger partial charge in [-0.25, -0.2) is 4.57 Å². The van der Waals surface area contributed by atoms with E-state index in [1.54, 1.807) is 27.7 Å². The maximum Gasteiger partial charge on any atom is 0.477 e. The summed E-state index contributed by atoms with van der Waals surface area (Å²) in [6, 6.07) is 0. The Hall–Kier alpha value is -0.770. The first-order chi connectivity index (χ1) is 9.10. The van der Waals surface area contributed by atoms with Crippen molar-refractivity contribution in [2.75, 3.05) is 6.61 Å². The molecule has 0 saturated carbocycles. The van der Waals surface area contributed by atoms with Crippen molar-refractivity contribution < 1.29 is 18.1 Å². The number of phosphoric ester groups is 1. The van der Waals surface area contributed by atoms with Crippen LogP contribution in [0, 0.1) is 24.7 Å². The summed E-state index contributed by atoms with van der Waals surface area (Å²) >= 11 is 0. The molecule has 0 aliphatic carbocycles. The third kappa shape index (κ3) is 7.73. The summed E-state index contributed by atoms with van der Waals surface area (Å²) in [7, 11) is -3.82. The molecule has 0 aromatic rings. The van der Waals surface area contributed by atoms with Gasteiger partial charge in [-0.05, 0) is 34.1 Å². The average molecular weight is 300 g/mol. The Balaban J connectivity index is 4.92. The molecule has 0 aliphatic heterocycles. The van der Waals surface area contributed by atoms with E-state index in [1.807, 2.05) is 0 Å². The van der Waals surface area contributed by atoms with Gasteiger partial charge in [-0.15, -0.1) is 12.8 Å². The standard InChI is InChI=1S/C15H25O4P/c1-8-11-12-13-17-20(16,18-14(4,5)9-2)19-15(6,7)10-3/h2-3H,8,11-13H2,1,4-7H3. The monoisotopic (exact) mass is 300 g/mol. The van der Waals surface area contributed by atoms with E-state index in [9.17, 15) is 4.57 Å². The molecule has 114 valence electrons. The number of phosphoric acid groups is 1. The maximum absolute atomic E-state index is 12.7. The van der Waals surface area contributed by atoms with Crippen LogP contribution in [-0.4, -0.2) is 17.8 Å². The summed E-state index contributed by atoms with van der Waals surface area (Å²) in [5.74, 6) is 4.79. The quantitative estimate of drug-likeness (QED) is 0.364. The molecule has 0 rings (SSSR count). The second kappa shape index (κ2) is 7.87. The SMILES string of the molecule is C#CC(C)(C)OP(=O)(OCCCCC)OC(C)(C)C#C. The normalized spacial score (nSPS) is 12.8. The van der Waals surface area contributed by atoms with Crippen molar-refractivity contribution in [3.05, 3.63) is 0 Å². The fourth-order valence-corrected chi connectivity index (χ4v) is 2.93.